The van der Waals surface area contributed by atoms with Crippen LogP contribution in [0.5, 0.6) is 11.5 Å². The van der Waals surface area contributed by atoms with Gasteiger partial charge in [-0.25, -0.2) is 0 Å². The summed E-state index contributed by atoms with van der Waals surface area (Å²) in [6.07, 6.45) is 11.9. The van der Waals surface area contributed by atoms with Crippen molar-refractivity contribution in [3.63, 3.8) is 0 Å². The van der Waals surface area contributed by atoms with Gasteiger partial charge in [0, 0.05) is 88.7 Å². The lowest BCUT2D eigenvalue weighted by molar-refractivity contribution is -0.121. The van der Waals surface area contributed by atoms with E-state index in [4.69, 9.17) is 15.0 Å². The summed E-state index contributed by atoms with van der Waals surface area (Å²) in [5.74, 6) is 1.59. The van der Waals surface area contributed by atoms with Crippen molar-refractivity contribution in [3.8, 4) is 11.5 Å². The van der Waals surface area contributed by atoms with Crippen molar-refractivity contribution in [3.05, 3.63) is 58.7 Å². The third-order valence-electron chi connectivity index (χ3n) is 13.1. The Hall–Kier alpha value is -3.39. The van der Waals surface area contributed by atoms with Crippen LogP contribution in [0.25, 0.3) is 0 Å². The Balaban J connectivity index is 0.000000196. The second-order valence-corrected chi connectivity index (χ2v) is 17.5. The summed E-state index contributed by atoms with van der Waals surface area (Å²) in [6, 6.07) is 12.1. The van der Waals surface area contributed by atoms with E-state index in [1.54, 1.807) is 12.1 Å². The fraction of sp³-hybridized carbons (Fsp3) is 0.636. The van der Waals surface area contributed by atoms with Crippen LogP contribution in [-0.4, -0.2) is 104 Å². The molecule has 0 aromatic heterocycles. The van der Waals surface area contributed by atoms with Crippen molar-refractivity contribution in [1.82, 2.24) is 15.5 Å². The number of ketones is 4. The molecule has 6 N–H and O–H groups in total. The Morgan fingerprint density at radius 2 is 1.19 bits per heavy atom. The number of fused-ring (bicyclic) bond motifs is 2. The highest BCUT2D eigenvalue weighted by atomic mass is 16.5. The summed E-state index contributed by atoms with van der Waals surface area (Å²) < 4.78 is 11.3. The maximum absolute atomic E-state index is 12.8. The second kappa shape index (κ2) is 21.2. The third-order valence-corrected chi connectivity index (χ3v) is 13.1. The van der Waals surface area contributed by atoms with E-state index < -0.39 is 14.2 Å². The van der Waals surface area contributed by atoms with Gasteiger partial charge in [0.05, 0.1) is 11.1 Å². The van der Waals surface area contributed by atoms with Gasteiger partial charge in [-0.15, -0.1) is 0 Å². The molecule has 2 aromatic rings. The van der Waals surface area contributed by atoms with E-state index in [9.17, 15) is 29.2 Å². The van der Waals surface area contributed by atoms with E-state index in [1.807, 2.05) is 24.3 Å². The van der Waals surface area contributed by atoms with Crippen LogP contribution in [-0.2, 0) is 22.4 Å². The van der Waals surface area contributed by atoms with Crippen molar-refractivity contribution in [2.75, 3.05) is 39.3 Å². The van der Waals surface area contributed by atoms with Gasteiger partial charge < -0.3 is 35.7 Å². The van der Waals surface area contributed by atoms with Crippen molar-refractivity contribution >= 4 is 37.4 Å². The molecule has 0 spiro atoms. The topological polar surface area (TPSA) is 181 Å². The molecule has 2 aliphatic carbocycles. The van der Waals surface area contributed by atoms with Gasteiger partial charge >= 0.3 is 14.2 Å². The lowest BCUT2D eigenvalue weighted by Crippen LogP contribution is -2.49. The van der Waals surface area contributed by atoms with Crippen molar-refractivity contribution in [1.29, 1.82) is 0 Å². The number of Topliss-reactive ketones (excluding diaryl/α,β-unsaturated/α-hetero) is 4. The molecule has 14 heteroatoms. The van der Waals surface area contributed by atoms with E-state index in [2.05, 4.69) is 15.5 Å². The molecule has 0 radical (unpaired) electrons. The van der Waals surface area contributed by atoms with Gasteiger partial charge in [-0.2, -0.15) is 0 Å². The van der Waals surface area contributed by atoms with Gasteiger partial charge in [0.15, 0.2) is 11.6 Å². The quantitative estimate of drug-likeness (QED) is 0.133. The molecule has 314 valence electrons. The minimum atomic E-state index is -1.05. The molecule has 2 aromatic carbocycles. The van der Waals surface area contributed by atoms with Gasteiger partial charge in [-0.1, -0.05) is 24.3 Å². The minimum absolute atomic E-state index is 0.0787. The van der Waals surface area contributed by atoms with E-state index in [0.29, 0.717) is 91.6 Å². The average Bonchev–Trinajstić information content (AvgIpc) is 3.21. The van der Waals surface area contributed by atoms with Crippen LogP contribution in [0.2, 0.25) is 11.6 Å². The minimum Gasteiger partial charge on any atom is -0.535 e. The largest absolute Gasteiger partial charge is 0.535 e. The van der Waals surface area contributed by atoms with Crippen LogP contribution >= 0.6 is 0 Å². The monoisotopic (exact) mass is 798 g/mol. The third kappa shape index (κ3) is 11.9. The lowest BCUT2D eigenvalue weighted by atomic mass is 9.64. The van der Waals surface area contributed by atoms with Crippen LogP contribution in [0.3, 0.4) is 0 Å². The highest BCUT2D eigenvalue weighted by Crippen LogP contribution is 2.39. The molecule has 0 amide bonds. The van der Waals surface area contributed by atoms with Gasteiger partial charge in [-0.05, 0) is 113 Å². The maximum Gasteiger partial charge on any atom is 0.526 e. The van der Waals surface area contributed by atoms with E-state index in [0.717, 1.165) is 82.4 Å². The number of nitrogens with two attached hydrogens (primary N) is 1. The molecule has 7 rings (SSSR count). The zero-order valence-corrected chi connectivity index (χ0v) is 34.6. The molecule has 2 saturated carbocycles. The summed E-state index contributed by atoms with van der Waals surface area (Å²) in [6.45, 7) is 8.94. The number of carbonyl (C=O) groups excluding carboxylic acids is 4. The van der Waals surface area contributed by atoms with Crippen LogP contribution < -0.4 is 25.7 Å². The molecule has 3 heterocycles. The molecule has 0 bridgehead atoms. The first-order valence-electron chi connectivity index (χ1n) is 21.9. The Bertz CT molecular complexity index is 1720. The number of piperazine rings is 1. The predicted octanol–water partition coefficient (Wildman–Crippen LogP) is 4.62. The molecule has 5 aliphatic rings. The summed E-state index contributed by atoms with van der Waals surface area (Å²) in [5.41, 5.74) is 8.32. The van der Waals surface area contributed by atoms with Crippen LogP contribution in [0.1, 0.15) is 123 Å². The van der Waals surface area contributed by atoms with Gasteiger partial charge in [0.25, 0.3) is 0 Å². The first-order valence-corrected chi connectivity index (χ1v) is 21.9. The summed E-state index contributed by atoms with van der Waals surface area (Å²) in [5, 5.41) is 27.7. The Labute approximate surface area is 345 Å². The Morgan fingerprint density at radius 1 is 0.724 bits per heavy atom. The van der Waals surface area contributed by atoms with E-state index in [-0.39, 0.29) is 34.8 Å². The molecule has 3 fully saturated rings. The molecule has 0 unspecified atom stereocenters. The second-order valence-electron chi connectivity index (χ2n) is 17.5. The summed E-state index contributed by atoms with van der Waals surface area (Å²) in [4.78, 5) is 51.5. The first-order chi connectivity index (χ1) is 28.0. The lowest BCUT2D eigenvalue weighted by Gasteiger charge is -2.39. The normalized spacial score (nSPS) is 25.9. The zero-order chi connectivity index (χ0) is 41.2. The number of hydrogen-bond donors (Lipinski definition) is 5. The smallest absolute Gasteiger partial charge is 0.526 e. The fourth-order valence-electron chi connectivity index (χ4n) is 9.89. The predicted molar refractivity (Wildman–Crippen MR) is 226 cm³/mol. The molecule has 2 atom stereocenters. The number of carbonyl (C=O) groups is 4. The highest BCUT2D eigenvalue weighted by Gasteiger charge is 2.39. The SMILES string of the molecule is CC(=O)c1cccc2c1OB(O)[C@@H](CC(=O)CC1CCC(N3CCNCC3)CC1)C2.CC(=O)c1cccc2c1OB(O)[C@@H](CC(=O)CC1CCC(NCCN)CC1)C2. The van der Waals surface area contributed by atoms with E-state index >= 15 is 0 Å². The van der Waals surface area contributed by atoms with E-state index in [1.165, 1.54) is 26.7 Å². The number of nitrogens with one attached hydrogen (secondary N) is 2. The molecular weight excluding hydrogens is 734 g/mol. The molecule has 12 nitrogen and oxygen atoms in total. The van der Waals surface area contributed by atoms with Crippen molar-refractivity contribution < 1.29 is 38.5 Å². The van der Waals surface area contributed by atoms with Gasteiger partial charge in [-0.3, -0.25) is 24.1 Å². The first kappa shape index (κ1) is 44.2. The highest BCUT2D eigenvalue weighted by molar-refractivity contribution is 6.47. The standard InChI is InChI=1S/C23H33BN2O4.C21H31BN2O4/c1-16(27)22-4-2-3-18-14-19(24(29)30-23(18)22)15-21(28)13-17-5-7-20(8-6-17)26-11-9-25-10-12-26;1-14(25)20-4-2-3-16-12-17(22(27)28-21(16)20)13-19(26)11-15-5-7-18(8-6-15)24-10-9-23/h2-4,17,19-20,25,29H,5-15H2,1H3;2-4,15,17-18,24,27H,5-13,23H2,1H3/t17?,19-,20?;15?,17-,18?/m11/s1. The van der Waals surface area contributed by atoms with Crippen LogP contribution in [0.4, 0.5) is 0 Å². The van der Waals surface area contributed by atoms with Gasteiger partial charge in [0.2, 0.25) is 0 Å². The molecule has 3 aliphatic heterocycles. The summed E-state index contributed by atoms with van der Waals surface area (Å²) in [7, 11) is -2.08. The number of rotatable bonds is 14. The number of hydrogen-bond acceptors (Lipinski definition) is 12. The Morgan fingerprint density at radius 3 is 1.64 bits per heavy atom. The number of para-hydroxylation sites is 2. The zero-order valence-electron chi connectivity index (χ0n) is 34.6. The molecular formula is C44H64B2N4O8. The van der Waals surface area contributed by atoms with Crippen LogP contribution in [0.15, 0.2) is 36.4 Å². The average molecular weight is 799 g/mol. The molecule has 1 saturated heterocycles. The maximum atomic E-state index is 12.8. The van der Waals surface area contributed by atoms with Crippen molar-refractivity contribution in [2.45, 2.75) is 127 Å². The Kier molecular flexibility index (Phi) is 16.2. The molecule has 58 heavy (non-hydrogen) atoms. The number of nitrogens with zero attached hydrogens (tertiary/aromatic N) is 1. The summed E-state index contributed by atoms with van der Waals surface area (Å²) >= 11 is 0. The van der Waals surface area contributed by atoms with Crippen molar-refractivity contribution in [2.24, 2.45) is 17.6 Å². The number of benzene rings is 2. The van der Waals surface area contributed by atoms with Gasteiger partial charge in [0.1, 0.15) is 23.1 Å². The van der Waals surface area contributed by atoms with Crippen LogP contribution in [0, 0.1) is 11.8 Å². The fourth-order valence-corrected chi connectivity index (χ4v) is 9.89.